The van der Waals surface area contributed by atoms with E-state index in [2.05, 4.69) is 43.0 Å². The predicted molar refractivity (Wildman–Crippen MR) is 80.4 cm³/mol. The maximum absolute atomic E-state index is 12.0. The molecule has 1 aliphatic heterocycles. The van der Waals surface area contributed by atoms with Crippen molar-refractivity contribution in [2.45, 2.75) is 39.2 Å². The first-order valence-electron chi connectivity index (χ1n) is 7.68. The van der Waals surface area contributed by atoms with Gasteiger partial charge in [0.25, 0.3) is 0 Å². The van der Waals surface area contributed by atoms with Crippen LogP contribution in [0.2, 0.25) is 0 Å². The van der Waals surface area contributed by atoms with E-state index in [1.54, 1.807) is 0 Å². The summed E-state index contributed by atoms with van der Waals surface area (Å²) in [6.45, 7) is 6.68. The highest BCUT2D eigenvalue weighted by Crippen LogP contribution is 2.27. The summed E-state index contributed by atoms with van der Waals surface area (Å²) in [5.74, 6) is 0.0410. The highest BCUT2D eigenvalue weighted by molar-refractivity contribution is 5.73. The number of esters is 1. The zero-order chi connectivity index (χ0) is 14.4. The maximum atomic E-state index is 12.0. The fourth-order valence-electron chi connectivity index (χ4n) is 2.71. The third kappa shape index (κ3) is 3.83. The molecule has 2 atom stereocenters. The topological polar surface area (TPSA) is 29.5 Å². The highest BCUT2D eigenvalue weighted by atomic mass is 16.5. The molecule has 1 aliphatic rings. The van der Waals surface area contributed by atoms with Gasteiger partial charge in [0, 0.05) is 12.6 Å². The molecule has 0 spiro atoms. The van der Waals surface area contributed by atoms with Crippen LogP contribution < -0.4 is 0 Å². The Balaban J connectivity index is 1.84. The zero-order valence-electron chi connectivity index (χ0n) is 12.5. The number of benzene rings is 1. The fourth-order valence-corrected chi connectivity index (χ4v) is 2.71. The average Bonchev–Trinajstić information content (AvgIpc) is 2.97. The van der Waals surface area contributed by atoms with Crippen molar-refractivity contribution in [3.05, 3.63) is 35.9 Å². The summed E-state index contributed by atoms with van der Waals surface area (Å²) >= 11 is 0. The highest BCUT2D eigenvalue weighted by Gasteiger charge is 2.32. The van der Waals surface area contributed by atoms with Crippen LogP contribution >= 0.6 is 0 Å². The van der Waals surface area contributed by atoms with Crippen LogP contribution in [0, 0.1) is 5.92 Å². The van der Waals surface area contributed by atoms with Crippen molar-refractivity contribution in [2.24, 2.45) is 5.92 Å². The Morgan fingerprint density at radius 2 is 2.15 bits per heavy atom. The number of hydrogen-bond acceptors (Lipinski definition) is 3. The molecule has 3 nitrogen and oxygen atoms in total. The van der Waals surface area contributed by atoms with Crippen LogP contribution in [0.4, 0.5) is 0 Å². The molecule has 0 aliphatic carbocycles. The van der Waals surface area contributed by atoms with Gasteiger partial charge in [0.2, 0.25) is 0 Å². The van der Waals surface area contributed by atoms with Gasteiger partial charge >= 0.3 is 5.97 Å². The van der Waals surface area contributed by atoms with Gasteiger partial charge in [-0.1, -0.05) is 43.7 Å². The van der Waals surface area contributed by atoms with Crippen LogP contribution in [0.15, 0.2) is 30.3 Å². The standard InChI is InChI=1S/C17H25NO2/c1-3-4-12-20-17(19)16-10-11-18(13-16)14(2)15-8-6-5-7-9-15/h5-9,14,16H,3-4,10-13H2,1-2H3. The molecular weight excluding hydrogens is 250 g/mol. The Bertz CT molecular complexity index is 418. The SMILES string of the molecule is CCCCOC(=O)C1CCN(C(C)c2ccccc2)C1. The lowest BCUT2D eigenvalue weighted by molar-refractivity contribution is -0.148. The predicted octanol–water partition coefficient (Wildman–Crippen LogP) is 3.41. The molecule has 1 heterocycles. The molecule has 3 heteroatoms. The van der Waals surface area contributed by atoms with Crippen molar-refractivity contribution < 1.29 is 9.53 Å². The van der Waals surface area contributed by atoms with Crippen LogP contribution in [-0.4, -0.2) is 30.6 Å². The summed E-state index contributed by atoms with van der Waals surface area (Å²) in [4.78, 5) is 14.4. The van der Waals surface area contributed by atoms with Gasteiger partial charge in [-0.15, -0.1) is 0 Å². The number of ether oxygens (including phenoxy) is 1. The maximum Gasteiger partial charge on any atom is 0.310 e. The van der Waals surface area contributed by atoms with Crippen molar-refractivity contribution in [2.75, 3.05) is 19.7 Å². The monoisotopic (exact) mass is 275 g/mol. The summed E-state index contributed by atoms with van der Waals surface area (Å²) in [5.41, 5.74) is 1.31. The largest absolute Gasteiger partial charge is 0.465 e. The number of likely N-dealkylation sites (tertiary alicyclic amines) is 1. The molecule has 1 saturated heterocycles. The van der Waals surface area contributed by atoms with Gasteiger partial charge in [-0.3, -0.25) is 9.69 Å². The van der Waals surface area contributed by atoms with Gasteiger partial charge in [0.05, 0.1) is 12.5 Å². The summed E-state index contributed by atoms with van der Waals surface area (Å²) in [5, 5.41) is 0. The number of carbonyl (C=O) groups excluding carboxylic acids is 1. The molecule has 0 bridgehead atoms. The Labute approximate surface area is 121 Å². The molecule has 0 N–H and O–H groups in total. The summed E-state index contributed by atoms with van der Waals surface area (Å²) in [7, 11) is 0. The first-order valence-corrected chi connectivity index (χ1v) is 7.68. The minimum atomic E-state index is -0.0128. The quantitative estimate of drug-likeness (QED) is 0.588. The normalized spacial score (nSPS) is 20.8. The molecule has 110 valence electrons. The third-order valence-electron chi connectivity index (χ3n) is 4.12. The van der Waals surface area contributed by atoms with Crippen molar-refractivity contribution in [3.63, 3.8) is 0 Å². The minimum Gasteiger partial charge on any atom is -0.465 e. The molecular formula is C17H25NO2. The second-order valence-corrected chi connectivity index (χ2v) is 5.59. The van der Waals surface area contributed by atoms with Crippen molar-refractivity contribution in [1.29, 1.82) is 0 Å². The van der Waals surface area contributed by atoms with Gasteiger partial charge in [0.15, 0.2) is 0 Å². The first-order chi connectivity index (χ1) is 9.72. The van der Waals surface area contributed by atoms with Gasteiger partial charge in [-0.2, -0.15) is 0 Å². The average molecular weight is 275 g/mol. The minimum absolute atomic E-state index is 0.0128. The van der Waals surface area contributed by atoms with Gasteiger partial charge in [-0.05, 0) is 31.9 Å². The van der Waals surface area contributed by atoms with Crippen LogP contribution in [0.3, 0.4) is 0 Å². The number of rotatable bonds is 6. The van der Waals surface area contributed by atoms with Crippen LogP contribution in [0.5, 0.6) is 0 Å². The second-order valence-electron chi connectivity index (χ2n) is 5.59. The molecule has 1 aromatic carbocycles. The summed E-state index contributed by atoms with van der Waals surface area (Å²) in [6, 6.07) is 10.8. The number of carbonyl (C=O) groups is 1. The van der Waals surface area contributed by atoms with Gasteiger partial charge < -0.3 is 4.74 Å². The molecule has 0 radical (unpaired) electrons. The summed E-state index contributed by atoms with van der Waals surface area (Å²) in [6.07, 6.45) is 2.94. The molecule has 2 rings (SSSR count). The van der Waals surface area contributed by atoms with E-state index in [-0.39, 0.29) is 11.9 Å². The van der Waals surface area contributed by atoms with E-state index in [0.29, 0.717) is 12.6 Å². The first kappa shape index (κ1) is 15.0. The Hall–Kier alpha value is -1.35. The van der Waals surface area contributed by atoms with E-state index in [1.807, 2.05) is 6.07 Å². The molecule has 20 heavy (non-hydrogen) atoms. The van der Waals surface area contributed by atoms with E-state index >= 15 is 0 Å². The molecule has 2 unspecified atom stereocenters. The van der Waals surface area contributed by atoms with E-state index < -0.39 is 0 Å². The number of nitrogens with zero attached hydrogens (tertiary/aromatic N) is 1. The summed E-state index contributed by atoms with van der Waals surface area (Å²) < 4.78 is 5.33. The van der Waals surface area contributed by atoms with E-state index in [9.17, 15) is 4.79 Å². The number of unbranched alkanes of at least 4 members (excludes halogenated alkanes) is 1. The molecule has 0 saturated carbocycles. The lowest BCUT2D eigenvalue weighted by Crippen LogP contribution is -2.27. The molecule has 0 amide bonds. The van der Waals surface area contributed by atoms with Crippen molar-refractivity contribution >= 4 is 5.97 Å². The van der Waals surface area contributed by atoms with E-state index in [1.165, 1.54) is 5.56 Å². The lowest BCUT2D eigenvalue weighted by Gasteiger charge is -2.24. The Kier molecular flexibility index (Phi) is 5.60. The lowest BCUT2D eigenvalue weighted by atomic mass is 10.1. The van der Waals surface area contributed by atoms with Gasteiger partial charge in [0.1, 0.15) is 0 Å². The third-order valence-corrected chi connectivity index (χ3v) is 4.12. The number of hydrogen-bond donors (Lipinski definition) is 0. The van der Waals surface area contributed by atoms with E-state index in [4.69, 9.17) is 4.74 Å². The fraction of sp³-hybridized carbons (Fsp3) is 0.588. The smallest absolute Gasteiger partial charge is 0.310 e. The molecule has 1 fully saturated rings. The molecule has 1 aromatic rings. The van der Waals surface area contributed by atoms with Crippen molar-refractivity contribution in [3.8, 4) is 0 Å². The van der Waals surface area contributed by atoms with Gasteiger partial charge in [-0.25, -0.2) is 0 Å². The second kappa shape index (κ2) is 7.44. The van der Waals surface area contributed by atoms with Crippen LogP contribution in [0.25, 0.3) is 0 Å². The molecule has 0 aromatic heterocycles. The van der Waals surface area contributed by atoms with Crippen LogP contribution in [0.1, 0.15) is 44.7 Å². The zero-order valence-corrected chi connectivity index (χ0v) is 12.5. The van der Waals surface area contributed by atoms with Crippen LogP contribution in [-0.2, 0) is 9.53 Å². The van der Waals surface area contributed by atoms with Crippen molar-refractivity contribution in [1.82, 2.24) is 4.90 Å². The Morgan fingerprint density at radius 3 is 2.85 bits per heavy atom. The Morgan fingerprint density at radius 1 is 1.40 bits per heavy atom. The van der Waals surface area contributed by atoms with E-state index in [0.717, 1.165) is 32.4 Å².